The molecule has 1 atom stereocenters. The van der Waals surface area contributed by atoms with Gasteiger partial charge in [-0.2, -0.15) is 0 Å². The van der Waals surface area contributed by atoms with Crippen molar-refractivity contribution < 1.29 is 19.8 Å². The number of rotatable bonds is 7. The predicted octanol–water partition coefficient (Wildman–Crippen LogP) is 1.14. The van der Waals surface area contributed by atoms with Gasteiger partial charge < -0.3 is 15.1 Å². The molecule has 1 aliphatic heterocycles. The van der Waals surface area contributed by atoms with Crippen molar-refractivity contribution in [2.45, 2.75) is 6.10 Å². The number of imide groups is 1. The lowest BCUT2D eigenvalue weighted by Gasteiger charge is -2.28. The molecule has 0 fully saturated rings. The molecule has 1 heterocycles. The van der Waals surface area contributed by atoms with Crippen molar-refractivity contribution in [3.8, 4) is 0 Å². The Morgan fingerprint density at radius 2 is 1.48 bits per heavy atom. The van der Waals surface area contributed by atoms with E-state index in [1.165, 1.54) is 0 Å². The normalized spacial score (nSPS) is 14.6. The first-order valence-electron chi connectivity index (χ1n) is 8.16. The van der Waals surface area contributed by atoms with E-state index in [4.69, 9.17) is 0 Å². The number of para-hydroxylation sites is 1. The number of aliphatic hydroxyl groups is 2. The van der Waals surface area contributed by atoms with Gasteiger partial charge in [0.1, 0.15) is 0 Å². The fourth-order valence-electron chi connectivity index (χ4n) is 3.01. The van der Waals surface area contributed by atoms with Gasteiger partial charge in [-0.05, 0) is 24.3 Å². The number of hydrogen-bond donors (Lipinski definition) is 2. The SMILES string of the molecule is O=C1c2ccccc2C(=O)N1C[C@@H](O)CN(CCO)c1ccccc1. The van der Waals surface area contributed by atoms with Gasteiger partial charge in [0, 0.05) is 18.8 Å². The second-order valence-electron chi connectivity index (χ2n) is 5.93. The highest BCUT2D eigenvalue weighted by molar-refractivity contribution is 6.21. The van der Waals surface area contributed by atoms with E-state index in [2.05, 4.69) is 0 Å². The highest BCUT2D eigenvalue weighted by atomic mass is 16.3. The van der Waals surface area contributed by atoms with Gasteiger partial charge in [-0.15, -0.1) is 0 Å². The number of β-amino-alcohol motifs (C(OH)–C–C–N with tert-alkyl or cyclic N) is 1. The second kappa shape index (κ2) is 7.46. The van der Waals surface area contributed by atoms with Crippen LogP contribution in [0.3, 0.4) is 0 Å². The second-order valence-corrected chi connectivity index (χ2v) is 5.93. The molecule has 0 bridgehead atoms. The molecule has 0 aromatic heterocycles. The molecule has 0 spiro atoms. The van der Waals surface area contributed by atoms with Crippen LogP contribution < -0.4 is 4.90 Å². The van der Waals surface area contributed by atoms with E-state index in [9.17, 15) is 19.8 Å². The number of carbonyl (C=O) groups excluding carboxylic acids is 2. The van der Waals surface area contributed by atoms with E-state index in [0.29, 0.717) is 17.7 Å². The summed E-state index contributed by atoms with van der Waals surface area (Å²) in [6.07, 6.45) is -0.922. The van der Waals surface area contributed by atoms with Crippen LogP contribution in [0.15, 0.2) is 54.6 Å². The Morgan fingerprint density at radius 3 is 2.04 bits per heavy atom. The minimum Gasteiger partial charge on any atom is -0.395 e. The van der Waals surface area contributed by atoms with Crippen molar-refractivity contribution in [1.29, 1.82) is 0 Å². The third kappa shape index (κ3) is 3.55. The van der Waals surface area contributed by atoms with Crippen LogP contribution in [0.2, 0.25) is 0 Å². The Labute approximate surface area is 145 Å². The number of nitrogens with zero attached hydrogens (tertiary/aromatic N) is 2. The molecule has 0 saturated carbocycles. The van der Waals surface area contributed by atoms with Crippen molar-refractivity contribution in [3.05, 3.63) is 65.7 Å². The fourth-order valence-corrected chi connectivity index (χ4v) is 3.01. The molecule has 3 rings (SSSR count). The summed E-state index contributed by atoms with van der Waals surface area (Å²) >= 11 is 0. The molecule has 0 unspecified atom stereocenters. The van der Waals surface area contributed by atoms with Gasteiger partial charge in [-0.3, -0.25) is 14.5 Å². The van der Waals surface area contributed by atoms with Gasteiger partial charge in [0.2, 0.25) is 0 Å². The molecule has 2 aromatic rings. The van der Waals surface area contributed by atoms with Crippen LogP contribution in [0.1, 0.15) is 20.7 Å². The first kappa shape index (κ1) is 17.1. The molecule has 6 heteroatoms. The first-order valence-corrected chi connectivity index (χ1v) is 8.16. The lowest BCUT2D eigenvalue weighted by atomic mass is 10.1. The van der Waals surface area contributed by atoms with Crippen molar-refractivity contribution in [2.24, 2.45) is 0 Å². The minimum atomic E-state index is -0.922. The van der Waals surface area contributed by atoms with Crippen molar-refractivity contribution in [3.63, 3.8) is 0 Å². The molecule has 2 amide bonds. The van der Waals surface area contributed by atoms with Crippen LogP contribution in [0.25, 0.3) is 0 Å². The van der Waals surface area contributed by atoms with Gasteiger partial charge in [-0.1, -0.05) is 30.3 Å². The fraction of sp³-hybridized carbons (Fsp3) is 0.263. The summed E-state index contributed by atoms with van der Waals surface area (Å²) in [6.45, 7) is 0.414. The zero-order valence-electron chi connectivity index (χ0n) is 13.7. The van der Waals surface area contributed by atoms with Crippen LogP contribution in [-0.4, -0.2) is 59.3 Å². The predicted molar refractivity (Wildman–Crippen MR) is 93.6 cm³/mol. The van der Waals surface area contributed by atoms with Gasteiger partial charge >= 0.3 is 0 Å². The molecular formula is C19H20N2O4. The number of anilines is 1. The summed E-state index contributed by atoms with van der Waals surface area (Å²) in [7, 11) is 0. The molecule has 6 nitrogen and oxygen atoms in total. The Balaban J connectivity index is 1.69. The van der Waals surface area contributed by atoms with E-state index in [-0.39, 0.29) is 31.5 Å². The zero-order valence-corrected chi connectivity index (χ0v) is 13.7. The van der Waals surface area contributed by atoms with Gasteiger partial charge in [0.15, 0.2) is 0 Å². The third-order valence-corrected chi connectivity index (χ3v) is 4.19. The maximum atomic E-state index is 12.4. The average Bonchev–Trinajstić information content (AvgIpc) is 2.87. The minimum absolute atomic E-state index is 0.0609. The Bertz CT molecular complexity index is 728. The van der Waals surface area contributed by atoms with Crippen LogP contribution in [0.5, 0.6) is 0 Å². The van der Waals surface area contributed by atoms with E-state index < -0.39 is 6.10 Å². The topological polar surface area (TPSA) is 81.1 Å². The molecule has 1 aliphatic rings. The van der Waals surface area contributed by atoms with Crippen molar-refractivity contribution in [2.75, 3.05) is 31.1 Å². The summed E-state index contributed by atoms with van der Waals surface area (Å²) in [5, 5.41) is 19.7. The first-order chi connectivity index (χ1) is 12.1. The zero-order chi connectivity index (χ0) is 17.8. The Kier molecular flexibility index (Phi) is 5.11. The van der Waals surface area contributed by atoms with Crippen molar-refractivity contribution in [1.82, 2.24) is 4.90 Å². The Morgan fingerprint density at radius 1 is 0.920 bits per heavy atom. The molecule has 2 N–H and O–H groups in total. The summed E-state index contributed by atoms with van der Waals surface area (Å²) in [5.41, 5.74) is 1.60. The number of benzene rings is 2. The van der Waals surface area contributed by atoms with Crippen molar-refractivity contribution >= 4 is 17.5 Å². The third-order valence-electron chi connectivity index (χ3n) is 4.19. The van der Waals surface area contributed by atoms with Gasteiger partial charge in [0.25, 0.3) is 11.8 Å². The van der Waals surface area contributed by atoms with E-state index >= 15 is 0 Å². The summed E-state index contributed by atoms with van der Waals surface area (Å²) in [5.74, 6) is -0.763. The van der Waals surface area contributed by atoms with E-state index in [1.807, 2.05) is 35.2 Å². The van der Waals surface area contributed by atoms with E-state index in [1.54, 1.807) is 24.3 Å². The molecule has 130 valence electrons. The summed E-state index contributed by atoms with van der Waals surface area (Å²) < 4.78 is 0. The number of carbonyl (C=O) groups is 2. The highest BCUT2D eigenvalue weighted by Gasteiger charge is 2.36. The number of fused-ring (bicyclic) bond motifs is 1. The van der Waals surface area contributed by atoms with Crippen LogP contribution in [0, 0.1) is 0 Å². The van der Waals surface area contributed by atoms with Gasteiger partial charge in [0.05, 0.1) is 30.4 Å². The molecule has 2 aromatic carbocycles. The highest BCUT2D eigenvalue weighted by Crippen LogP contribution is 2.23. The smallest absolute Gasteiger partial charge is 0.261 e. The quantitative estimate of drug-likeness (QED) is 0.739. The number of hydrogen-bond acceptors (Lipinski definition) is 5. The average molecular weight is 340 g/mol. The largest absolute Gasteiger partial charge is 0.395 e. The van der Waals surface area contributed by atoms with Gasteiger partial charge in [-0.25, -0.2) is 0 Å². The summed E-state index contributed by atoms with van der Waals surface area (Å²) in [6, 6.07) is 16.0. The number of aliphatic hydroxyl groups excluding tert-OH is 2. The molecule has 0 saturated heterocycles. The monoisotopic (exact) mass is 340 g/mol. The van der Waals surface area contributed by atoms with E-state index in [0.717, 1.165) is 10.6 Å². The molecular weight excluding hydrogens is 320 g/mol. The molecule has 25 heavy (non-hydrogen) atoms. The lowest BCUT2D eigenvalue weighted by Crippen LogP contribution is -2.43. The molecule has 0 aliphatic carbocycles. The number of amides is 2. The van der Waals surface area contributed by atoms with Crippen LogP contribution >= 0.6 is 0 Å². The maximum absolute atomic E-state index is 12.4. The van der Waals surface area contributed by atoms with Crippen LogP contribution in [0.4, 0.5) is 5.69 Å². The standard InChI is InChI=1S/C19H20N2O4/c22-11-10-20(14-6-2-1-3-7-14)12-15(23)13-21-18(24)16-8-4-5-9-17(16)19(21)25/h1-9,15,22-23H,10-13H2/t15-/m0/s1. The summed E-state index contributed by atoms with van der Waals surface area (Å²) in [4.78, 5) is 27.6. The van der Waals surface area contributed by atoms with Crippen LogP contribution in [-0.2, 0) is 0 Å². The molecule has 0 radical (unpaired) electrons. The lowest BCUT2D eigenvalue weighted by molar-refractivity contribution is 0.0550. The maximum Gasteiger partial charge on any atom is 0.261 e. The Hall–Kier alpha value is -2.70.